The Bertz CT molecular complexity index is 418. The van der Waals surface area contributed by atoms with Crippen LogP contribution in [0.2, 0.25) is 0 Å². The fraction of sp³-hybridized carbons (Fsp3) is 0.500. The van der Waals surface area contributed by atoms with Gasteiger partial charge in [0.25, 0.3) is 0 Å². The van der Waals surface area contributed by atoms with E-state index < -0.39 is 6.04 Å². The van der Waals surface area contributed by atoms with Gasteiger partial charge in [0.15, 0.2) is 0 Å². The Morgan fingerprint density at radius 1 is 1.44 bits per heavy atom. The predicted octanol–water partition coefficient (Wildman–Crippen LogP) is 2.38. The van der Waals surface area contributed by atoms with Crippen molar-refractivity contribution in [1.82, 2.24) is 4.90 Å². The van der Waals surface area contributed by atoms with Crippen molar-refractivity contribution in [3.63, 3.8) is 0 Å². The molecule has 1 fully saturated rings. The summed E-state index contributed by atoms with van der Waals surface area (Å²) in [5.41, 5.74) is 0.789. The van der Waals surface area contributed by atoms with Crippen molar-refractivity contribution in [1.29, 1.82) is 0 Å². The number of nitrogens with zero attached hydrogens (tertiary/aromatic N) is 1. The molecule has 0 bridgehead atoms. The Kier molecular flexibility index (Phi) is 3.97. The summed E-state index contributed by atoms with van der Waals surface area (Å²) in [6, 6.07) is 5.65. The molecule has 2 atom stereocenters. The molecule has 1 aromatic carbocycles. The van der Waals surface area contributed by atoms with E-state index in [1.807, 2.05) is 0 Å². The van der Waals surface area contributed by atoms with E-state index in [2.05, 4.69) is 11.8 Å². The summed E-state index contributed by atoms with van der Waals surface area (Å²) in [4.78, 5) is 14.0. The number of hydrogen-bond acceptors (Lipinski definition) is 3. The summed E-state index contributed by atoms with van der Waals surface area (Å²) in [6.07, 6.45) is 1.08. The van der Waals surface area contributed by atoms with Gasteiger partial charge in [-0.2, -0.15) is 0 Å². The lowest BCUT2D eigenvalue weighted by atomic mass is 10.1. The molecule has 3 nitrogen and oxygen atoms in total. The second-order valence-corrected chi connectivity index (χ2v) is 4.87. The second-order valence-electron chi connectivity index (χ2n) is 4.87. The van der Waals surface area contributed by atoms with Gasteiger partial charge in [0.05, 0.1) is 7.11 Å². The quantitative estimate of drug-likeness (QED) is 0.772. The highest BCUT2D eigenvalue weighted by atomic mass is 19.1. The number of methoxy groups -OCH3 is 1. The molecule has 0 aliphatic carbocycles. The first-order chi connectivity index (χ1) is 8.61. The third-order valence-electron chi connectivity index (χ3n) is 3.43. The average molecular weight is 251 g/mol. The number of carbonyl (C=O) groups excluding carboxylic acids is 1. The number of carbonyl (C=O) groups is 1. The van der Waals surface area contributed by atoms with Gasteiger partial charge in [0.1, 0.15) is 11.9 Å². The van der Waals surface area contributed by atoms with Crippen LogP contribution in [0, 0.1) is 11.7 Å². The van der Waals surface area contributed by atoms with E-state index in [1.165, 1.54) is 19.2 Å². The minimum absolute atomic E-state index is 0.282. The first kappa shape index (κ1) is 13.0. The van der Waals surface area contributed by atoms with Crippen LogP contribution in [-0.4, -0.2) is 31.1 Å². The van der Waals surface area contributed by atoms with Crippen LogP contribution in [0.5, 0.6) is 0 Å². The Morgan fingerprint density at radius 2 is 2.11 bits per heavy atom. The lowest BCUT2D eigenvalue weighted by Gasteiger charge is -2.25. The lowest BCUT2D eigenvalue weighted by Crippen LogP contribution is -2.33. The van der Waals surface area contributed by atoms with E-state index in [-0.39, 0.29) is 11.8 Å². The molecule has 0 aromatic heterocycles. The summed E-state index contributed by atoms with van der Waals surface area (Å²) < 4.78 is 17.8. The number of rotatable bonds is 3. The molecule has 1 saturated heterocycles. The van der Waals surface area contributed by atoms with Crippen molar-refractivity contribution < 1.29 is 13.9 Å². The van der Waals surface area contributed by atoms with E-state index in [1.54, 1.807) is 12.1 Å². The van der Waals surface area contributed by atoms with Gasteiger partial charge >= 0.3 is 5.97 Å². The van der Waals surface area contributed by atoms with Gasteiger partial charge in [-0.3, -0.25) is 4.90 Å². The van der Waals surface area contributed by atoms with Crippen LogP contribution in [0.4, 0.5) is 4.39 Å². The van der Waals surface area contributed by atoms with Crippen molar-refractivity contribution in [2.75, 3.05) is 20.2 Å². The topological polar surface area (TPSA) is 29.5 Å². The van der Waals surface area contributed by atoms with E-state index in [0.29, 0.717) is 5.92 Å². The van der Waals surface area contributed by atoms with E-state index in [9.17, 15) is 9.18 Å². The Labute approximate surface area is 107 Å². The molecule has 98 valence electrons. The highest BCUT2D eigenvalue weighted by Crippen LogP contribution is 2.28. The van der Waals surface area contributed by atoms with Crippen LogP contribution in [0.3, 0.4) is 0 Å². The van der Waals surface area contributed by atoms with E-state index in [4.69, 9.17) is 4.74 Å². The third kappa shape index (κ3) is 2.70. The highest BCUT2D eigenvalue weighted by Gasteiger charge is 2.32. The van der Waals surface area contributed by atoms with Crippen molar-refractivity contribution in [3.05, 3.63) is 35.6 Å². The van der Waals surface area contributed by atoms with Crippen LogP contribution < -0.4 is 0 Å². The van der Waals surface area contributed by atoms with Crippen LogP contribution in [-0.2, 0) is 9.53 Å². The summed E-state index contributed by atoms with van der Waals surface area (Å²) in [5.74, 6) is 0.00506. The standard InChI is InChI=1S/C14H18FNO2/c1-10-7-8-16(9-10)13(14(17)18-2)11-3-5-12(15)6-4-11/h3-6,10,13H,7-9H2,1-2H3/t10-,13+/m0/s1. The first-order valence-corrected chi connectivity index (χ1v) is 6.19. The zero-order valence-corrected chi connectivity index (χ0v) is 10.7. The number of likely N-dealkylation sites (tertiary alicyclic amines) is 1. The smallest absolute Gasteiger partial charge is 0.327 e. The molecular weight excluding hydrogens is 233 g/mol. The Balaban J connectivity index is 2.25. The molecule has 1 heterocycles. The minimum atomic E-state index is -0.416. The fourth-order valence-corrected chi connectivity index (χ4v) is 2.46. The van der Waals surface area contributed by atoms with Crippen molar-refractivity contribution in [2.45, 2.75) is 19.4 Å². The van der Waals surface area contributed by atoms with Gasteiger partial charge in [0, 0.05) is 6.54 Å². The monoisotopic (exact) mass is 251 g/mol. The second kappa shape index (κ2) is 5.48. The number of halogens is 1. The van der Waals surface area contributed by atoms with E-state index >= 15 is 0 Å². The molecule has 1 aliphatic rings. The molecule has 4 heteroatoms. The zero-order valence-electron chi connectivity index (χ0n) is 10.7. The molecule has 18 heavy (non-hydrogen) atoms. The summed E-state index contributed by atoms with van der Waals surface area (Å²) in [5, 5.41) is 0. The maximum absolute atomic E-state index is 12.9. The third-order valence-corrected chi connectivity index (χ3v) is 3.43. The zero-order chi connectivity index (χ0) is 13.1. The molecule has 1 aliphatic heterocycles. The maximum atomic E-state index is 12.9. The van der Waals surface area contributed by atoms with Crippen molar-refractivity contribution in [2.24, 2.45) is 5.92 Å². The van der Waals surface area contributed by atoms with Crippen LogP contribution in [0.25, 0.3) is 0 Å². The minimum Gasteiger partial charge on any atom is -0.468 e. The van der Waals surface area contributed by atoms with Gasteiger partial charge in [0.2, 0.25) is 0 Å². The molecule has 1 aromatic rings. The van der Waals surface area contributed by atoms with Crippen molar-refractivity contribution >= 4 is 5.97 Å². The predicted molar refractivity (Wildman–Crippen MR) is 66.5 cm³/mol. The molecular formula is C14H18FNO2. The fourth-order valence-electron chi connectivity index (χ4n) is 2.46. The molecule has 0 amide bonds. The number of ether oxygens (including phenoxy) is 1. The molecule has 0 spiro atoms. The van der Waals surface area contributed by atoms with Crippen LogP contribution in [0.15, 0.2) is 24.3 Å². The number of esters is 1. The van der Waals surface area contributed by atoms with Gasteiger partial charge in [-0.1, -0.05) is 19.1 Å². The SMILES string of the molecule is COC(=O)[C@@H](c1ccc(F)cc1)N1CC[C@H](C)C1. The van der Waals surface area contributed by atoms with Gasteiger partial charge < -0.3 is 4.74 Å². The largest absolute Gasteiger partial charge is 0.468 e. The van der Waals surface area contributed by atoms with Gasteiger partial charge in [-0.05, 0) is 36.6 Å². The maximum Gasteiger partial charge on any atom is 0.327 e. The number of benzene rings is 1. The molecule has 0 N–H and O–H groups in total. The summed E-state index contributed by atoms with van der Waals surface area (Å²) >= 11 is 0. The van der Waals surface area contributed by atoms with Crippen LogP contribution >= 0.6 is 0 Å². The molecule has 2 rings (SSSR count). The van der Waals surface area contributed by atoms with Crippen LogP contribution in [0.1, 0.15) is 24.9 Å². The highest BCUT2D eigenvalue weighted by molar-refractivity contribution is 5.77. The Morgan fingerprint density at radius 3 is 2.61 bits per heavy atom. The first-order valence-electron chi connectivity index (χ1n) is 6.19. The van der Waals surface area contributed by atoms with Gasteiger partial charge in [-0.15, -0.1) is 0 Å². The lowest BCUT2D eigenvalue weighted by molar-refractivity contribution is -0.147. The normalized spacial score (nSPS) is 21.8. The summed E-state index contributed by atoms with van der Waals surface area (Å²) in [7, 11) is 1.39. The number of hydrogen-bond donors (Lipinski definition) is 0. The van der Waals surface area contributed by atoms with Crippen molar-refractivity contribution in [3.8, 4) is 0 Å². The average Bonchev–Trinajstić information content (AvgIpc) is 2.78. The summed E-state index contributed by atoms with van der Waals surface area (Å²) in [6.45, 7) is 3.91. The van der Waals surface area contributed by atoms with Gasteiger partial charge in [-0.25, -0.2) is 9.18 Å². The Hall–Kier alpha value is -1.42. The van der Waals surface area contributed by atoms with E-state index in [0.717, 1.165) is 25.1 Å². The molecule has 0 saturated carbocycles. The molecule has 0 unspecified atom stereocenters. The molecule has 0 radical (unpaired) electrons.